The molecule has 6 aromatic carbocycles. The van der Waals surface area contributed by atoms with Gasteiger partial charge in [0.1, 0.15) is 52.2 Å². The van der Waals surface area contributed by atoms with Crippen molar-refractivity contribution in [3.05, 3.63) is 161 Å². The van der Waals surface area contributed by atoms with Gasteiger partial charge in [0.2, 0.25) is 0 Å². The molecule has 3 nitrogen and oxygen atoms in total. The van der Waals surface area contributed by atoms with Crippen LogP contribution in [-0.4, -0.2) is 7.32 Å². The second-order valence-corrected chi connectivity index (χ2v) is 11.2. The van der Waals surface area contributed by atoms with Gasteiger partial charge in [0.15, 0.2) is 0 Å². The van der Waals surface area contributed by atoms with Gasteiger partial charge >= 0.3 is 7.32 Å². The van der Waals surface area contributed by atoms with Crippen molar-refractivity contribution in [2.24, 2.45) is 0 Å². The van der Waals surface area contributed by atoms with E-state index in [0.717, 1.165) is 18.2 Å². The predicted molar refractivity (Wildman–Crippen MR) is 164 cm³/mol. The van der Waals surface area contributed by atoms with Crippen LogP contribution in [0.5, 0.6) is 17.2 Å². The zero-order chi connectivity index (χ0) is 32.4. The highest BCUT2D eigenvalue weighted by Crippen LogP contribution is 2.53. The SMILES string of the molecule is Fc1cc(F)cc(-c2cccc3c2OB2Oc4c(-c5cc(F)cc(F)c5)cccc4C3c3cccc(-c4cc(F)cc(F)c4)c3O2)c1. The van der Waals surface area contributed by atoms with Crippen LogP contribution in [0.4, 0.5) is 26.3 Å². The molecule has 0 unspecified atom stereocenters. The first-order chi connectivity index (χ1) is 22.7. The standard InChI is InChI=1S/C37H19BF6O3/c39-22-10-19(11-23(40)16-22)28-4-1-7-31-34-32-8-2-5-29(20-12-24(41)17-25(42)13-20)36(32)46-38(45-35(28)31)47-37-30(6-3-9-33(34)37)21-14-26(43)18-27(44)15-21/h1-18,34H. The Morgan fingerprint density at radius 3 is 0.936 bits per heavy atom. The van der Waals surface area contributed by atoms with Gasteiger partial charge in [-0.2, -0.15) is 0 Å². The summed E-state index contributed by atoms with van der Waals surface area (Å²) in [6.07, 6.45) is 0. The van der Waals surface area contributed by atoms with Crippen LogP contribution in [0, 0.1) is 34.9 Å². The minimum Gasteiger partial charge on any atom is -0.489 e. The summed E-state index contributed by atoms with van der Waals surface area (Å²) in [5.41, 5.74) is 3.30. The maximum atomic E-state index is 14.4. The molecule has 0 amide bonds. The van der Waals surface area contributed by atoms with Gasteiger partial charge in [-0.15, -0.1) is 0 Å². The number of para-hydroxylation sites is 3. The first-order valence-electron chi connectivity index (χ1n) is 14.5. The Hall–Kier alpha value is -5.64. The van der Waals surface area contributed by atoms with Crippen molar-refractivity contribution in [1.82, 2.24) is 0 Å². The molecule has 0 atom stereocenters. The fourth-order valence-corrected chi connectivity index (χ4v) is 6.41. The van der Waals surface area contributed by atoms with Gasteiger partial charge < -0.3 is 14.0 Å². The Bertz CT molecular complexity index is 1930. The topological polar surface area (TPSA) is 27.7 Å². The van der Waals surface area contributed by atoms with Crippen LogP contribution in [0.1, 0.15) is 22.6 Å². The van der Waals surface area contributed by atoms with E-state index in [1.165, 1.54) is 36.4 Å². The summed E-state index contributed by atoms with van der Waals surface area (Å²) in [6, 6.07) is 24.7. The van der Waals surface area contributed by atoms with Gasteiger partial charge in [0.05, 0.1) is 0 Å². The quantitative estimate of drug-likeness (QED) is 0.143. The van der Waals surface area contributed by atoms with Gasteiger partial charge in [-0.05, 0) is 53.1 Å². The van der Waals surface area contributed by atoms with Crippen molar-refractivity contribution in [1.29, 1.82) is 0 Å². The van der Waals surface area contributed by atoms with Crippen LogP contribution < -0.4 is 14.0 Å². The van der Waals surface area contributed by atoms with E-state index in [2.05, 4.69) is 0 Å². The molecule has 10 heteroatoms. The van der Waals surface area contributed by atoms with E-state index in [-0.39, 0.29) is 33.9 Å². The van der Waals surface area contributed by atoms with Crippen LogP contribution in [0.15, 0.2) is 109 Å². The van der Waals surface area contributed by atoms with Gasteiger partial charge in [-0.1, -0.05) is 54.6 Å². The molecule has 2 bridgehead atoms. The fraction of sp³-hybridized carbons (Fsp3) is 0.0270. The van der Waals surface area contributed by atoms with E-state index in [1.807, 2.05) is 0 Å². The second kappa shape index (κ2) is 11.0. The fourth-order valence-electron chi connectivity index (χ4n) is 6.41. The highest BCUT2D eigenvalue weighted by Gasteiger charge is 2.44. The maximum absolute atomic E-state index is 14.4. The minimum atomic E-state index is -1.59. The van der Waals surface area contributed by atoms with Crippen molar-refractivity contribution in [3.8, 4) is 50.6 Å². The molecule has 0 radical (unpaired) electrons. The second-order valence-electron chi connectivity index (χ2n) is 11.2. The highest BCUT2D eigenvalue weighted by molar-refractivity contribution is 6.40. The zero-order valence-corrected chi connectivity index (χ0v) is 24.0. The molecule has 0 aliphatic carbocycles. The number of halogens is 6. The molecular formula is C37H19BF6O3. The predicted octanol–water partition coefficient (Wildman–Crippen LogP) is 9.85. The highest BCUT2D eigenvalue weighted by atomic mass is 19.2. The number of benzene rings is 6. The van der Waals surface area contributed by atoms with E-state index in [9.17, 15) is 26.3 Å². The number of hydrogen-bond donors (Lipinski definition) is 0. The average Bonchev–Trinajstić information content (AvgIpc) is 2.99. The van der Waals surface area contributed by atoms with E-state index < -0.39 is 48.1 Å². The lowest BCUT2D eigenvalue weighted by Gasteiger charge is -2.35. The first-order valence-corrected chi connectivity index (χ1v) is 14.5. The zero-order valence-electron chi connectivity index (χ0n) is 24.0. The number of hydrogen-bond acceptors (Lipinski definition) is 3. The van der Waals surface area contributed by atoms with Crippen LogP contribution in [0.3, 0.4) is 0 Å². The van der Waals surface area contributed by atoms with Crippen molar-refractivity contribution < 1.29 is 40.3 Å². The average molecular weight is 636 g/mol. The summed E-state index contributed by atoms with van der Waals surface area (Å²) in [5, 5.41) is 0. The summed E-state index contributed by atoms with van der Waals surface area (Å²) in [7, 11) is -1.59. The molecule has 3 heterocycles. The Kier molecular flexibility index (Phi) is 6.75. The molecule has 9 rings (SSSR count). The molecule has 0 saturated heterocycles. The molecule has 0 aromatic heterocycles. The van der Waals surface area contributed by atoms with Crippen LogP contribution in [-0.2, 0) is 0 Å². The molecular weight excluding hydrogens is 617 g/mol. The lowest BCUT2D eigenvalue weighted by molar-refractivity contribution is 0.294. The van der Waals surface area contributed by atoms with Crippen LogP contribution >= 0.6 is 0 Å². The summed E-state index contributed by atoms with van der Waals surface area (Å²) in [4.78, 5) is 0. The van der Waals surface area contributed by atoms with E-state index >= 15 is 0 Å². The third kappa shape index (κ3) is 5.06. The molecule has 230 valence electrons. The maximum Gasteiger partial charge on any atom is 0.864 e. The van der Waals surface area contributed by atoms with Crippen LogP contribution in [0.25, 0.3) is 33.4 Å². The summed E-state index contributed by atoms with van der Waals surface area (Å²) in [6.45, 7) is 0. The van der Waals surface area contributed by atoms with Crippen molar-refractivity contribution >= 4 is 7.32 Å². The van der Waals surface area contributed by atoms with Crippen molar-refractivity contribution in [2.75, 3.05) is 0 Å². The first kappa shape index (κ1) is 28.8. The monoisotopic (exact) mass is 636 g/mol. The Morgan fingerprint density at radius 2 is 0.660 bits per heavy atom. The number of rotatable bonds is 3. The molecule has 3 aliphatic rings. The van der Waals surface area contributed by atoms with Crippen molar-refractivity contribution in [3.63, 3.8) is 0 Å². The van der Waals surface area contributed by atoms with Gasteiger partial charge in [0, 0.05) is 57.5 Å². The van der Waals surface area contributed by atoms with E-state index in [0.29, 0.717) is 33.4 Å². The van der Waals surface area contributed by atoms with Crippen LogP contribution in [0.2, 0.25) is 0 Å². The summed E-state index contributed by atoms with van der Waals surface area (Å²) in [5.74, 6) is -4.84. The lowest BCUT2D eigenvalue weighted by atomic mass is 9.78. The molecule has 0 saturated carbocycles. The molecule has 0 spiro atoms. The Balaban J connectivity index is 1.44. The Labute approximate surface area is 264 Å². The molecule has 0 N–H and O–H groups in total. The third-order valence-corrected chi connectivity index (χ3v) is 8.23. The van der Waals surface area contributed by atoms with E-state index in [4.69, 9.17) is 14.0 Å². The molecule has 0 fully saturated rings. The lowest BCUT2D eigenvalue weighted by Crippen LogP contribution is -2.41. The van der Waals surface area contributed by atoms with Gasteiger partial charge in [0.25, 0.3) is 0 Å². The van der Waals surface area contributed by atoms with Gasteiger partial charge in [-0.25, -0.2) is 26.3 Å². The normalized spacial score (nSPS) is 13.3. The van der Waals surface area contributed by atoms with E-state index in [1.54, 1.807) is 54.6 Å². The van der Waals surface area contributed by atoms with Gasteiger partial charge in [-0.3, -0.25) is 0 Å². The minimum absolute atomic E-state index is 0.200. The molecule has 3 aliphatic heterocycles. The largest absolute Gasteiger partial charge is 0.864 e. The third-order valence-electron chi connectivity index (χ3n) is 8.23. The smallest absolute Gasteiger partial charge is 0.489 e. The molecule has 47 heavy (non-hydrogen) atoms. The Morgan fingerprint density at radius 1 is 0.383 bits per heavy atom. The van der Waals surface area contributed by atoms with Crippen molar-refractivity contribution in [2.45, 2.75) is 5.92 Å². The summed E-state index contributed by atoms with van der Waals surface area (Å²) >= 11 is 0. The summed E-state index contributed by atoms with van der Waals surface area (Å²) < 4.78 is 106. The molecule has 6 aromatic rings.